The summed E-state index contributed by atoms with van der Waals surface area (Å²) in [7, 11) is 0. The summed E-state index contributed by atoms with van der Waals surface area (Å²) in [6.45, 7) is 5.18. The Kier molecular flexibility index (Phi) is 6.88. The smallest absolute Gasteiger partial charge is 0.286 e. The number of amides is 2. The van der Waals surface area contributed by atoms with Crippen LogP contribution in [0.1, 0.15) is 35.8 Å². The van der Waals surface area contributed by atoms with E-state index >= 15 is 0 Å². The van der Waals surface area contributed by atoms with Crippen LogP contribution < -0.4 is 5.32 Å². The Morgan fingerprint density at radius 1 is 1.03 bits per heavy atom. The van der Waals surface area contributed by atoms with Crippen molar-refractivity contribution in [2.75, 3.05) is 6.54 Å². The van der Waals surface area contributed by atoms with E-state index < -0.39 is 0 Å². The number of benzene rings is 2. The first kappa shape index (κ1) is 22.3. The Labute approximate surface area is 193 Å². The van der Waals surface area contributed by atoms with Gasteiger partial charge in [-0.3, -0.25) is 9.59 Å². The van der Waals surface area contributed by atoms with Crippen LogP contribution in [0.4, 0.5) is 0 Å². The van der Waals surface area contributed by atoms with E-state index in [2.05, 4.69) is 5.32 Å². The summed E-state index contributed by atoms with van der Waals surface area (Å²) in [6, 6.07) is 21.1. The van der Waals surface area contributed by atoms with Crippen LogP contribution in [0, 0.1) is 0 Å². The highest BCUT2D eigenvalue weighted by Crippen LogP contribution is 2.18. The normalized spacial score (nSPS) is 11.1. The molecule has 170 valence electrons. The SMILES string of the molecule is CC(C)N(Cc1ccccc1)C(=O)Cn1c(CCNC(=O)c2ccco2)nc2ccccc21. The molecule has 7 heteroatoms. The minimum absolute atomic E-state index is 0.0258. The molecule has 0 bridgehead atoms. The molecule has 2 amide bonds. The molecule has 0 aliphatic rings. The molecule has 0 aliphatic carbocycles. The van der Waals surface area contributed by atoms with Gasteiger partial charge in [0.05, 0.1) is 17.3 Å². The van der Waals surface area contributed by atoms with Crippen LogP contribution in [0.15, 0.2) is 77.4 Å². The molecule has 0 atom stereocenters. The van der Waals surface area contributed by atoms with E-state index in [1.807, 2.05) is 77.9 Å². The maximum Gasteiger partial charge on any atom is 0.286 e. The minimum Gasteiger partial charge on any atom is -0.459 e. The van der Waals surface area contributed by atoms with Crippen LogP contribution in [0.5, 0.6) is 0 Å². The van der Waals surface area contributed by atoms with Crippen molar-refractivity contribution in [2.45, 2.75) is 39.4 Å². The van der Waals surface area contributed by atoms with Gasteiger partial charge in [-0.2, -0.15) is 0 Å². The van der Waals surface area contributed by atoms with Crippen LogP contribution >= 0.6 is 0 Å². The summed E-state index contributed by atoms with van der Waals surface area (Å²) < 4.78 is 7.09. The Morgan fingerprint density at radius 3 is 2.52 bits per heavy atom. The molecule has 2 aromatic carbocycles. The Morgan fingerprint density at radius 2 is 1.79 bits per heavy atom. The maximum atomic E-state index is 13.4. The lowest BCUT2D eigenvalue weighted by atomic mass is 10.2. The molecule has 2 aromatic heterocycles. The second-order valence-electron chi connectivity index (χ2n) is 8.19. The topological polar surface area (TPSA) is 80.4 Å². The molecule has 0 unspecified atom stereocenters. The van der Waals surface area contributed by atoms with Gasteiger partial charge >= 0.3 is 0 Å². The third-order valence-corrected chi connectivity index (χ3v) is 5.55. The van der Waals surface area contributed by atoms with Gasteiger partial charge in [0.2, 0.25) is 5.91 Å². The predicted molar refractivity (Wildman–Crippen MR) is 127 cm³/mol. The summed E-state index contributed by atoms with van der Waals surface area (Å²) in [4.78, 5) is 32.2. The van der Waals surface area contributed by atoms with E-state index in [0.717, 1.165) is 22.4 Å². The van der Waals surface area contributed by atoms with Gasteiger partial charge in [0.25, 0.3) is 5.91 Å². The minimum atomic E-state index is -0.271. The summed E-state index contributed by atoms with van der Waals surface area (Å²) >= 11 is 0. The fourth-order valence-electron chi connectivity index (χ4n) is 3.84. The molecule has 0 spiro atoms. The Bertz CT molecular complexity index is 1210. The van der Waals surface area contributed by atoms with E-state index in [0.29, 0.717) is 19.5 Å². The second kappa shape index (κ2) is 10.2. The highest BCUT2D eigenvalue weighted by molar-refractivity contribution is 5.91. The molecule has 1 N–H and O–H groups in total. The first-order valence-electron chi connectivity index (χ1n) is 11.1. The van der Waals surface area contributed by atoms with E-state index in [1.165, 1.54) is 6.26 Å². The fraction of sp³-hybridized carbons (Fsp3) is 0.269. The van der Waals surface area contributed by atoms with E-state index in [-0.39, 0.29) is 30.2 Å². The molecule has 4 aromatic rings. The molecule has 0 aliphatic heterocycles. The van der Waals surface area contributed by atoms with Gasteiger partial charge in [0.15, 0.2) is 5.76 Å². The van der Waals surface area contributed by atoms with Gasteiger partial charge in [0.1, 0.15) is 12.4 Å². The van der Waals surface area contributed by atoms with Crippen LogP contribution in [-0.4, -0.2) is 38.9 Å². The quantitative estimate of drug-likeness (QED) is 0.423. The van der Waals surface area contributed by atoms with E-state index in [9.17, 15) is 9.59 Å². The van der Waals surface area contributed by atoms with Gasteiger partial charge in [0, 0.05) is 25.6 Å². The van der Waals surface area contributed by atoms with Crippen molar-refractivity contribution >= 4 is 22.8 Å². The average molecular weight is 445 g/mol. The van der Waals surface area contributed by atoms with Crippen molar-refractivity contribution in [1.29, 1.82) is 0 Å². The number of para-hydroxylation sites is 2. The van der Waals surface area contributed by atoms with Crippen molar-refractivity contribution in [3.63, 3.8) is 0 Å². The van der Waals surface area contributed by atoms with Gasteiger partial charge < -0.3 is 19.2 Å². The third-order valence-electron chi connectivity index (χ3n) is 5.55. The summed E-state index contributed by atoms with van der Waals surface area (Å²) in [6.07, 6.45) is 1.96. The average Bonchev–Trinajstić information content (AvgIpc) is 3.47. The number of aromatic nitrogens is 2. The fourth-order valence-corrected chi connectivity index (χ4v) is 3.84. The monoisotopic (exact) mass is 444 g/mol. The Balaban J connectivity index is 1.51. The zero-order valence-corrected chi connectivity index (χ0v) is 18.9. The van der Waals surface area contributed by atoms with Gasteiger partial charge in [-0.05, 0) is 43.7 Å². The lowest BCUT2D eigenvalue weighted by Crippen LogP contribution is -2.39. The number of carbonyl (C=O) groups excluding carboxylic acids is 2. The van der Waals surface area contributed by atoms with Gasteiger partial charge in [-0.25, -0.2) is 4.98 Å². The number of imidazole rings is 1. The third kappa shape index (κ3) is 5.31. The number of nitrogens with zero attached hydrogens (tertiary/aromatic N) is 3. The van der Waals surface area contributed by atoms with Crippen LogP contribution in [-0.2, 0) is 24.3 Å². The standard InChI is InChI=1S/C26H28N4O3/c1-19(2)29(17-20-9-4-3-5-10-20)25(31)18-30-22-12-7-6-11-21(22)28-24(30)14-15-27-26(32)23-13-8-16-33-23/h3-13,16,19H,14-15,17-18H2,1-2H3,(H,27,32). The lowest BCUT2D eigenvalue weighted by molar-refractivity contribution is -0.134. The molecule has 0 saturated carbocycles. The molecule has 0 fully saturated rings. The van der Waals surface area contributed by atoms with Crippen molar-refractivity contribution in [3.8, 4) is 0 Å². The maximum absolute atomic E-state index is 13.4. The highest BCUT2D eigenvalue weighted by atomic mass is 16.3. The summed E-state index contributed by atoms with van der Waals surface area (Å²) in [5.41, 5.74) is 2.83. The number of fused-ring (bicyclic) bond motifs is 1. The molecule has 2 heterocycles. The molecular weight excluding hydrogens is 416 g/mol. The second-order valence-corrected chi connectivity index (χ2v) is 8.19. The van der Waals surface area contributed by atoms with Crippen molar-refractivity contribution in [3.05, 3.63) is 90.1 Å². The predicted octanol–water partition coefficient (Wildman–Crippen LogP) is 4.04. The number of rotatable bonds is 9. The molecule has 0 saturated heterocycles. The van der Waals surface area contributed by atoms with Gasteiger partial charge in [-0.1, -0.05) is 42.5 Å². The number of carbonyl (C=O) groups is 2. The number of furan rings is 1. The number of hydrogen-bond donors (Lipinski definition) is 1. The zero-order chi connectivity index (χ0) is 23.2. The van der Waals surface area contributed by atoms with Crippen molar-refractivity contribution < 1.29 is 14.0 Å². The van der Waals surface area contributed by atoms with Gasteiger partial charge in [-0.15, -0.1) is 0 Å². The van der Waals surface area contributed by atoms with Crippen LogP contribution in [0.2, 0.25) is 0 Å². The molecule has 33 heavy (non-hydrogen) atoms. The first-order chi connectivity index (χ1) is 16.0. The summed E-state index contributed by atoms with van der Waals surface area (Å²) in [5, 5.41) is 2.85. The van der Waals surface area contributed by atoms with Crippen LogP contribution in [0.25, 0.3) is 11.0 Å². The molecular formula is C26H28N4O3. The van der Waals surface area contributed by atoms with Crippen molar-refractivity contribution in [2.24, 2.45) is 0 Å². The first-order valence-corrected chi connectivity index (χ1v) is 11.1. The Hall–Kier alpha value is -3.87. The largest absolute Gasteiger partial charge is 0.459 e. The van der Waals surface area contributed by atoms with Crippen molar-refractivity contribution in [1.82, 2.24) is 19.8 Å². The molecule has 7 nitrogen and oxygen atoms in total. The number of nitrogens with one attached hydrogen (secondary N) is 1. The molecule has 4 rings (SSSR count). The zero-order valence-electron chi connectivity index (χ0n) is 18.9. The van der Waals surface area contributed by atoms with E-state index in [4.69, 9.17) is 9.40 Å². The summed E-state index contributed by atoms with van der Waals surface area (Å²) in [5.74, 6) is 0.783. The lowest BCUT2D eigenvalue weighted by Gasteiger charge is -2.27. The van der Waals surface area contributed by atoms with E-state index in [1.54, 1.807) is 12.1 Å². The molecule has 0 radical (unpaired) electrons. The highest BCUT2D eigenvalue weighted by Gasteiger charge is 2.21. The van der Waals surface area contributed by atoms with Crippen LogP contribution in [0.3, 0.4) is 0 Å². The number of hydrogen-bond acceptors (Lipinski definition) is 4.